The first-order valence-electron chi connectivity index (χ1n) is 8.64. The van der Waals surface area contributed by atoms with Crippen LogP contribution in [0.2, 0.25) is 0 Å². The van der Waals surface area contributed by atoms with Gasteiger partial charge in [0, 0.05) is 42.1 Å². The van der Waals surface area contributed by atoms with Crippen LogP contribution >= 0.6 is 11.3 Å². The van der Waals surface area contributed by atoms with Crippen LogP contribution in [-0.4, -0.2) is 37.9 Å². The summed E-state index contributed by atoms with van der Waals surface area (Å²) in [5.41, 5.74) is 3.25. The Morgan fingerprint density at radius 1 is 1.20 bits per heavy atom. The van der Waals surface area contributed by atoms with Gasteiger partial charge in [-0.25, -0.2) is 15.0 Å². The van der Waals surface area contributed by atoms with Gasteiger partial charge in [-0.15, -0.1) is 11.3 Å². The third-order valence-corrected chi connectivity index (χ3v) is 5.40. The van der Waals surface area contributed by atoms with Crippen LogP contribution < -0.4 is 0 Å². The number of thiazole rings is 1. The molecule has 1 saturated heterocycles. The molecule has 5 nitrogen and oxygen atoms in total. The fourth-order valence-corrected chi connectivity index (χ4v) is 3.93. The van der Waals surface area contributed by atoms with Crippen molar-refractivity contribution in [2.45, 2.75) is 32.2 Å². The van der Waals surface area contributed by atoms with Crippen molar-refractivity contribution in [3.05, 3.63) is 59.3 Å². The van der Waals surface area contributed by atoms with Gasteiger partial charge in [-0.2, -0.15) is 0 Å². The molecule has 4 rings (SSSR count). The van der Waals surface area contributed by atoms with Crippen molar-refractivity contribution in [1.82, 2.24) is 24.8 Å². The van der Waals surface area contributed by atoms with E-state index >= 15 is 0 Å². The number of piperidine rings is 1. The lowest BCUT2D eigenvalue weighted by Crippen LogP contribution is -2.33. The molecule has 4 heterocycles. The van der Waals surface area contributed by atoms with E-state index in [2.05, 4.69) is 20.9 Å². The van der Waals surface area contributed by atoms with Crippen LogP contribution in [0.4, 0.5) is 0 Å². The van der Waals surface area contributed by atoms with Gasteiger partial charge < -0.3 is 0 Å². The Labute approximate surface area is 151 Å². The molecule has 1 fully saturated rings. The lowest BCUT2D eigenvalue weighted by Gasteiger charge is -2.31. The molecule has 0 aromatic carbocycles. The molecule has 0 radical (unpaired) electrons. The van der Waals surface area contributed by atoms with Crippen molar-refractivity contribution in [1.29, 1.82) is 0 Å². The van der Waals surface area contributed by atoms with Crippen LogP contribution in [0, 0.1) is 6.92 Å². The second-order valence-electron chi connectivity index (χ2n) is 6.50. The summed E-state index contributed by atoms with van der Waals surface area (Å²) in [6, 6.07) is 6.17. The van der Waals surface area contributed by atoms with Crippen molar-refractivity contribution in [3.8, 4) is 10.7 Å². The molecule has 1 aliphatic heterocycles. The van der Waals surface area contributed by atoms with E-state index in [0.29, 0.717) is 5.92 Å². The van der Waals surface area contributed by atoms with Crippen molar-refractivity contribution >= 4 is 11.3 Å². The first-order chi connectivity index (χ1) is 12.3. The predicted molar refractivity (Wildman–Crippen MR) is 99.4 cm³/mol. The van der Waals surface area contributed by atoms with Crippen molar-refractivity contribution in [2.24, 2.45) is 0 Å². The molecule has 128 valence electrons. The molecule has 6 heteroatoms. The van der Waals surface area contributed by atoms with Gasteiger partial charge in [0.15, 0.2) is 0 Å². The lowest BCUT2D eigenvalue weighted by molar-refractivity contribution is 0.201. The van der Waals surface area contributed by atoms with Gasteiger partial charge in [-0.1, -0.05) is 6.07 Å². The third-order valence-electron chi connectivity index (χ3n) is 4.60. The zero-order valence-electron chi connectivity index (χ0n) is 14.3. The SMILES string of the molecule is Cc1cc(-c2nccs2)nc(C2CCN(Cc3cccnc3)CC2)n1. The van der Waals surface area contributed by atoms with Crippen LogP contribution in [0.25, 0.3) is 10.7 Å². The van der Waals surface area contributed by atoms with Gasteiger partial charge in [-0.05, 0) is 50.6 Å². The van der Waals surface area contributed by atoms with E-state index in [1.807, 2.05) is 43.0 Å². The van der Waals surface area contributed by atoms with Gasteiger partial charge in [0.25, 0.3) is 0 Å². The van der Waals surface area contributed by atoms with Crippen LogP contribution in [0.5, 0.6) is 0 Å². The minimum atomic E-state index is 0.434. The molecule has 0 spiro atoms. The second-order valence-corrected chi connectivity index (χ2v) is 7.40. The van der Waals surface area contributed by atoms with Gasteiger partial charge in [0.2, 0.25) is 0 Å². The molecule has 3 aromatic rings. The Bertz CT molecular complexity index is 811. The highest BCUT2D eigenvalue weighted by Crippen LogP contribution is 2.29. The van der Waals surface area contributed by atoms with E-state index in [4.69, 9.17) is 9.97 Å². The van der Waals surface area contributed by atoms with Crippen LogP contribution in [-0.2, 0) is 6.54 Å². The molecule has 0 amide bonds. The maximum Gasteiger partial charge on any atom is 0.141 e. The summed E-state index contributed by atoms with van der Waals surface area (Å²) in [5.74, 6) is 1.41. The van der Waals surface area contributed by atoms with E-state index < -0.39 is 0 Å². The third kappa shape index (κ3) is 3.91. The summed E-state index contributed by atoms with van der Waals surface area (Å²) < 4.78 is 0. The molecule has 25 heavy (non-hydrogen) atoms. The first-order valence-corrected chi connectivity index (χ1v) is 9.52. The zero-order chi connectivity index (χ0) is 17.1. The molecule has 0 atom stereocenters. The molecule has 0 aliphatic carbocycles. The summed E-state index contributed by atoms with van der Waals surface area (Å²) in [5, 5.41) is 2.96. The highest BCUT2D eigenvalue weighted by molar-refractivity contribution is 7.13. The number of hydrogen-bond donors (Lipinski definition) is 0. The Morgan fingerprint density at radius 2 is 2.08 bits per heavy atom. The minimum Gasteiger partial charge on any atom is -0.299 e. The highest BCUT2D eigenvalue weighted by Gasteiger charge is 2.23. The fourth-order valence-electron chi connectivity index (χ4n) is 3.33. The summed E-state index contributed by atoms with van der Waals surface area (Å²) in [7, 11) is 0. The quantitative estimate of drug-likeness (QED) is 0.718. The molecule has 0 N–H and O–H groups in total. The number of aromatic nitrogens is 4. The molecule has 0 bridgehead atoms. The Morgan fingerprint density at radius 3 is 2.80 bits per heavy atom. The Kier molecular flexibility index (Phi) is 4.81. The first kappa shape index (κ1) is 16.3. The van der Waals surface area contributed by atoms with Gasteiger partial charge in [0.1, 0.15) is 16.5 Å². The smallest absolute Gasteiger partial charge is 0.141 e. The number of likely N-dealkylation sites (tertiary alicyclic amines) is 1. The average Bonchev–Trinajstić information content (AvgIpc) is 3.17. The lowest BCUT2D eigenvalue weighted by atomic mass is 9.95. The Balaban J connectivity index is 1.44. The van der Waals surface area contributed by atoms with Crippen LogP contribution in [0.1, 0.15) is 35.8 Å². The highest BCUT2D eigenvalue weighted by atomic mass is 32.1. The van der Waals surface area contributed by atoms with E-state index in [1.165, 1.54) is 5.56 Å². The van der Waals surface area contributed by atoms with Gasteiger partial charge in [-0.3, -0.25) is 9.88 Å². The Hall–Kier alpha value is -2.18. The van der Waals surface area contributed by atoms with E-state index in [1.54, 1.807) is 11.3 Å². The molecule has 0 saturated carbocycles. The monoisotopic (exact) mass is 351 g/mol. The number of hydrogen-bond acceptors (Lipinski definition) is 6. The largest absolute Gasteiger partial charge is 0.299 e. The summed E-state index contributed by atoms with van der Waals surface area (Å²) in [4.78, 5) is 20.6. The molecule has 1 aliphatic rings. The second kappa shape index (κ2) is 7.37. The normalized spacial score (nSPS) is 16.2. The van der Waals surface area contributed by atoms with Gasteiger partial charge in [0.05, 0.1) is 0 Å². The maximum atomic E-state index is 4.82. The molecular formula is C19H21N5S. The summed E-state index contributed by atoms with van der Waals surface area (Å²) >= 11 is 1.63. The topological polar surface area (TPSA) is 54.8 Å². The molecule has 0 unspecified atom stereocenters. The van der Waals surface area contributed by atoms with Gasteiger partial charge >= 0.3 is 0 Å². The number of aryl methyl sites for hydroxylation is 1. The fraction of sp³-hybridized carbons (Fsp3) is 0.368. The summed E-state index contributed by atoms with van der Waals surface area (Å²) in [6.45, 7) is 5.16. The van der Waals surface area contributed by atoms with Crippen molar-refractivity contribution < 1.29 is 0 Å². The molecule has 3 aromatic heterocycles. The van der Waals surface area contributed by atoms with Crippen molar-refractivity contribution in [3.63, 3.8) is 0 Å². The van der Waals surface area contributed by atoms with Crippen LogP contribution in [0.15, 0.2) is 42.2 Å². The van der Waals surface area contributed by atoms with Crippen molar-refractivity contribution in [2.75, 3.05) is 13.1 Å². The predicted octanol–water partition coefficient (Wildman–Crippen LogP) is 3.68. The number of rotatable bonds is 4. The number of nitrogens with zero attached hydrogens (tertiary/aromatic N) is 5. The zero-order valence-corrected chi connectivity index (χ0v) is 15.1. The van der Waals surface area contributed by atoms with E-state index in [0.717, 1.165) is 54.7 Å². The van der Waals surface area contributed by atoms with Crippen LogP contribution in [0.3, 0.4) is 0 Å². The molecular weight excluding hydrogens is 330 g/mol. The maximum absolute atomic E-state index is 4.82. The van der Waals surface area contributed by atoms with E-state index in [9.17, 15) is 0 Å². The number of pyridine rings is 1. The summed E-state index contributed by atoms with van der Waals surface area (Å²) in [6.07, 6.45) is 7.80. The average molecular weight is 351 g/mol. The van der Waals surface area contributed by atoms with E-state index in [-0.39, 0.29) is 0 Å². The standard InChI is InChI=1S/C19H21N5S/c1-14-11-17(19-21-7-10-25-19)23-18(22-14)16-4-8-24(9-5-16)13-15-3-2-6-20-12-15/h2-3,6-7,10-12,16H,4-5,8-9,13H2,1H3. The minimum absolute atomic E-state index is 0.434.